The van der Waals surface area contributed by atoms with Crippen LogP contribution in [0.25, 0.3) is 0 Å². The SMILES string of the molecule is COc1ccc(CC(=O)c2ccc(C(=N)N3CCCC3)cc2F)c(C(=O)Nc2ccc(Cl)cc2)c1. The van der Waals surface area contributed by atoms with Crippen LogP contribution in [0.3, 0.4) is 0 Å². The Hall–Kier alpha value is -3.71. The molecule has 1 fully saturated rings. The van der Waals surface area contributed by atoms with Gasteiger partial charge < -0.3 is 15.0 Å². The van der Waals surface area contributed by atoms with Gasteiger partial charge in [-0.15, -0.1) is 0 Å². The highest BCUT2D eigenvalue weighted by Crippen LogP contribution is 2.23. The van der Waals surface area contributed by atoms with E-state index in [1.54, 1.807) is 48.5 Å². The number of amidine groups is 1. The van der Waals surface area contributed by atoms with Crippen molar-refractivity contribution < 1.29 is 18.7 Å². The second-order valence-corrected chi connectivity index (χ2v) is 8.76. The van der Waals surface area contributed by atoms with E-state index >= 15 is 0 Å². The highest BCUT2D eigenvalue weighted by molar-refractivity contribution is 6.30. The average molecular weight is 494 g/mol. The Labute approximate surface area is 208 Å². The van der Waals surface area contributed by atoms with E-state index in [0.717, 1.165) is 25.9 Å². The number of carbonyl (C=O) groups excluding carboxylic acids is 2. The normalized spacial score (nSPS) is 12.9. The first-order valence-electron chi connectivity index (χ1n) is 11.3. The maximum atomic E-state index is 14.9. The monoisotopic (exact) mass is 493 g/mol. The molecule has 1 amide bonds. The third-order valence-electron chi connectivity index (χ3n) is 5.98. The lowest BCUT2D eigenvalue weighted by molar-refractivity contribution is 0.0988. The molecule has 1 aliphatic heterocycles. The number of hydrogen-bond acceptors (Lipinski definition) is 4. The van der Waals surface area contributed by atoms with Crippen LogP contribution in [0.4, 0.5) is 10.1 Å². The van der Waals surface area contributed by atoms with E-state index in [4.69, 9.17) is 21.7 Å². The number of nitrogens with one attached hydrogen (secondary N) is 2. The number of methoxy groups -OCH3 is 1. The van der Waals surface area contributed by atoms with Crippen LogP contribution >= 0.6 is 11.6 Å². The van der Waals surface area contributed by atoms with Crippen molar-refractivity contribution in [1.82, 2.24) is 4.90 Å². The number of hydrogen-bond donors (Lipinski definition) is 2. The molecule has 0 saturated carbocycles. The van der Waals surface area contributed by atoms with Crippen LogP contribution in [0.1, 0.15) is 44.7 Å². The van der Waals surface area contributed by atoms with E-state index in [0.29, 0.717) is 27.6 Å². The number of likely N-dealkylation sites (tertiary alicyclic amines) is 1. The van der Waals surface area contributed by atoms with Crippen molar-refractivity contribution in [2.75, 3.05) is 25.5 Å². The number of Topliss-reactive ketones (excluding diaryl/α,β-unsaturated/α-hetero) is 1. The number of carbonyl (C=O) groups is 2. The van der Waals surface area contributed by atoms with Gasteiger partial charge in [0.25, 0.3) is 5.91 Å². The van der Waals surface area contributed by atoms with Crippen LogP contribution in [-0.2, 0) is 6.42 Å². The zero-order valence-electron chi connectivity index (χ0n) is 19.2. The van der Waals surface area contributed by atoms with Crippen LogP contribution in [0, 0.1) is 11.2 Å². The van der Waals surface area contributed by atoms with Gasteiger partial charge in [0, 0.05) is 41.3 Å². The zero-order chi connectivity index (χ0) is 24.9. The maximum Gasteiger partial charge on any atom is 0.256 e. The molecule has 1 saturated heterocycles. The quantitative estimate of drug-likeness (QED) is 0.255. The summed E-state index contributed by atoms with van der Waals surface area (Å²) in [7, 11) is 1.48. The van der Waals surface area contributed by atoms with Crippen molar-refractivity contribution in [2.45, 2.75) is 19.3 Å². The second kappa shape index (κ2) is 10.7. The van der Waals surface area contributed by atoms with Gasteiger partial charge in [-0.25, -0.2) is 4.39 Å². The number of amides is 1. The third kappa shape index (κ3) is 5.69. The fourth-order valence-corrected chi connectivity index (χ4v) is 4.19. The number of nitrogens with zero attached hydrogens (tertiary/aromatic N) is 1. The van der Waals surface area contributed by atoms with Crippen molar-refractivity contribution in [3.8, 4) is 5.75 Å². The summed E-state index contributed by atoms with van der Waals surface area (Å²) in [5.74, 6) is -0.858. The summed E-state index contributed by atoms with van der Waals surface area (Å²) in [4.78, 5) is 27.9. The van der Waals surface area contributed by atoms with Gasteiger partial charge in [-0.3, -0.25) is 15.0 Å². The summed E-state index contributed by atoms with van der Waals surface area (Å²) in [6.07, 6.45) is 1.85. The number of halogens is 2. The van der Waals surface area contributed by atoms with Crippen molar-refractivity contribution >= 4 is 34.8 Å². The standard InChI is InChI=1S/C27H25ClFN3O3/c1-35-21-10-4-17(23(16-21)27(34)31-20-8-6-19(28)7-9-20)15-25(33)22-11-5-18(14-24(22)29)26(30)32-12-2-3-13-32/h4-11,14,16,30H,2-3,12-13,15H2,1H3,(H,31,34). The summed E-state index contributed by atoms with van der Waals surface area (Å²) < 4.78 is 20.1. The Morgan fingerprint density at radius 2 is 1.74 bits per heavy atom. The molecule has 1 heterocycles. The summed E-state index contributed by atoms with van der Waals surface area (Å²) in [5, 5.41) is 11.6. The lowest BCUT2D eigenvalue weighted by atomic mass is 9.96. The third-order valence-corrected chi connectivity index (χ3v) is 6.23. The van der Waals surface area contributed by atoms with Crippen LogP contribution in [0.2, 0.25) is 5.02 Å². The van der Waals surface area contributed by atoms with Crippen LogP contribution in [-0.4, -0.2) is 42.6 Å². The molecule has 180 valence electrons. The van der Waals surface area contributed by atoms with Gasteiger partial charge in [0.2, 0.25) is 0 Å². The van der Waals surface area contributed by atoms with E-state index in [1.165, 1.54) is 19.2 Å². The molecule has 0 radical (unpaired) electrons. The first-order chi connectivity index (χ1) is 16.9. The van der Waals surface area contributed by atoms with E-state index in [1.807, 2.05) is 4.90 Å². The minimum Gasteiger partial charge on any atom is -0.497 e. The van der Waals surface area contributed by atoms with E-state index in [-0.39, 0.29) is 23.4 Å². The van der Waals surface area contributed by atoms with Crippen LogP contribution in [0.5, 0.6) is 5.75 Å². The maximum absolute atomic E-state index is 14.9. The van der Waals surface area contributed by atoms with E-state index < -0.39 is 17.5 Å². The molecule has 0 aromatic heterocycles. The van der Waals surface area contributed by atoms with Gasteiger partial charge in [0.05, 0.1) is 12.7 Å². The van der Waals surface area contributed by atoms with E-state index in [9.17, 15) is 14.0 Å². The second-order valence-electron chi connectivity index (χ2n) is 8.32. The molecule has 4 rings (SSSR count). The van der Waals surface area contributed by atoms with Gasteiger partial charge in [-0.2, -0.15) is 0 Å². The topological polar surface area (TPSA) is 82.5 Å². The van der Waals surface area contributed by atoms with Crippen molar-refractivity contribution in [3.63, 3.8) is 0 Å². The zero-order valence-corrected chi connectivity index (χ0v) is 20.0. The van der Waals surface area contributed by atoms with Crippen LogP contribution < -0.4 is 10.1 Å². The summed E-state index contributed by atoms with van der Waals surface area (Å²) in [6.45, 7) is 1.55. The molecule has 0 bridgehead atoms. The van der Waals surface area contributed by atoms with Gasteiger partial charge in [0.15, 0.2) is 5.78 Å². The molecule has 3 aromatic carbocycles. The van der Waals surface area contributed by atoms with Gasteiger partial charge in [-0.05, 0) is 66.9 Å². The number of ketones is 1. The lowest BCUT2D eigenvalue weighted by Gasteiger charge is -2.18. The molecule has 1 aliphatic rings. The Bertz CT molecular complexity index is 1270. The van der Waals surface area contributed by atoms with Crippen molar-refractivity contribution in [3.05, 3.63) is 93.8 Å². The fraction of sp³-hybridized carbons (Fsp3) is 0.222. The van der Waals surface area contributed by atoms with Gasteiger partial charge in [-0.1, -0.05) is 23.7 Å². The summed E-state index contributed by atoms with van der Waals surface area (Å²) in [6, 6.07) is 15.7. The van der Waals surface area contributed by atoms with Gasteiger partial charge in [0.1, 0.15) is 17.4 Å². The molecular formula is C27H25ClFN3O3. The van der Waals surface area contributed by atoms with Crippen molar-refractivity contribution in [2.24, 2.45) is 0 Å². The molecule has 35 heavy (non-hydrogen) atoms. The number of benzene rings is 3. The highest BCUT2D eigenvalue weighted by Gasteiger charge is 2.21. The molecular weight excluding hydrogens is 469 g/mol. The number of ether oxygens (including phenoxy) is 1. The van der Waals surface area contributed by atoms with Crippen molar-refractivity contribution in [1.29, 1.82) is 5.41 Å². The summed E-state index contributed by atoms with van der Waals surface area (Å²) >= 11 is 5.91. The Kier molecular flexibility index (Phi) is 7.46. The minimum absolute atomic E-state index is 0.0807. The first-order valence-corrected chi connectivity index (χ1v) is 11.6. The molecule has 0 spiro atoms. The van der Waals surface area contributed by atoms with Gasteiger partial charge >= 0.3 is 0 Å². The Morgan fingerprint density at radius 3 is 2.40 bits per heavy atom. The molecule has 8 heteroatoms. The summed E-state index contributed by atoms with van der Waals surface area (Å²) in [5.41, 5.74) is 1.59. The Balaban J connectivity index is 1.55. The predicted octanol–water partition coefficient (Wildman–Crippen LogP) is 5.59. The first kappa shape index (κ1) is 24.4. The van der Waals surface area contributed by atoms with Crippen LogP contribution in [0.15, 0.2) is 60.7 Å². The Morgan fingerprint density at radius 1 is 1.03 bits per heavy atom. The average Bonchev–Trinajstić information content (AvgIpc) is 3.40. The molecule has 0 atom stereocenters. The molecule has 0 aliphatic carbocycles. The highest BCUT2D eigenvalue weighted by atomic mass is 35.5. The largest absolute Gasteiger partial charge is 0.497 e. The number of anilines is 1. The smallest absolute Gasteiger partial charge is 0.256 e. The minimum atomic E-state index is -0.683. The molecule has 6 nitrogen and oxygen atoms in total. The molecule has 2 N–H and O–H groups in total. The van der Waals surface area contributed by atoms with E-state index in [2.05, 4.69) is 5.32 Å². The number of rotatable bonds is 7. The fourth-order valence-electron chi connectivity index (χ4n) is 4.06. The molecule has 3 aromatic rings. The molecule has 0 unspecified atom stereocenters. The predicted molar refractivity (Wildman–Crippen MR) is 134 cm³/mol. The lowest BCUT2D eigenvalue weighted by Crippen LogP contribution is -2.27.